The van der Waals surface area contributed by atoms with E-state index in [1.165, 1.54) is 0 Å². The quantitative estimate of drug-likeness (QED) is 0.867. The average molecular weight is 310 g/mol. The van der Waals surface area contributed by atoms with Crippen molar-refractivity contribution >= 4 is 34.9 Å². The van der Waals surface area contributed by atoms with E-state index in [1.807, 2.05) is 13.0 Å². The van der Waals surface area contributed by atoms with Crippen LogP contribution in [0.25, 0.3) is 0 Å². The summed E-state index contributed by atoms with van der Waals surface area (Å²) in [5.41, 5.74) is 3.05. The second-order valence-corrected chi connectivity index (χ2v) is 5.25. The Morgan fingerprint density at radius 3 is 2.50 bits per heavy atom. The maximum Gasteiger partial charge on any atom is 0.335 e. The number of carbonyl (C=O) groups is 1. The summed E-state index contributed by atoms with van der Waals surface area (Å²) in [7, 11) is 0. The number of halogens is 2. The van der Waals surface area contributed by atoms with Crippen LogP contribution in [-0.4, -0.2) is 11.1 Å². The summed E-state index contributed by atoms with van der Waals surface area (Å²) in [6, 6.07) is 10.4. The lowest BCUT2D eigenvalue weighted by Crippen LogP contribution is -2.03. The highest BCUT2D eigenvalue weighted by molar-refractivity contribution is 6.42. The van der Waals surface area contributed by atoms with Gasteiger partial charge in [-0.2, -0.15) is 0 Å². The summed E-state index contributed by atoms with van der Waals surface area (Å²) < 4.78 is 0. The lowest BCUT2D eigenvalue weighted by Gasteiger charge is -2.11. The van der Waals surface area contributed by atoms with Gasteiger partial charge in [0.25, 0.3) is 0 Å². The molecule has 104 valence electrons. The van der Waals surface area contributed by atoms with E-state index in [9.17, 15) is 4.79 Å². The van der Waals surface area contributed by atoms with Crippen LogP contribution in [0.1, 0.15) is 21.5 Å². The summed E-state index contributed by atoms with van der Waals surface area (Å²) >= 11 is 11.8. The van der Waals surface area contributed by atoms with Crippen molar-refractivity contribution in [3.8, 4) is 0 Å². The number of hydrogen-bond acceptors (Lipinski definition) is 2. The van der Waals surface area contributed by atoms with Crippen molar-refractivity contribution in [2.75, 3.05) is 5.32 Å². The van der Waals surface area contributed by atoms with Crippen LogP contribution in [0, 0.1) is 6.92 Å². The van der Waals surface area contributed by atoms with Crippen LogP contribution in [0.2, 0.25) is 10.0 Å². The van der Waals surface area contributed by atoms with E-state index in [0.717, 1.165) is 16.8 Å². The number of benzene rings is 2. The Kier molecular flexibility index (Phi) is 4.53. The van der Waals surface area contributed by atoms with E-state index in [2.05, 4.69) is 5.32 Å². The average Bonchev–Trinajstić information content (AvgIpc) is 2.41. The standard InChI is InChI=1S/C15H13Cl2NO2/c1-9-6-11(15(19)20)3-5-14(9)18-8-10-2-4-12(16)13(17)7-10/h2-7,18H,8H2,1H3,(H,19,20). The molecule has 2 N–H and O–H groups in total. The first kappa shape index (κ1) is 14.7. The van der Waals surface area contributed by atoms with Crippen LogP contribution < -0.4 is 5.32 Å². The molecule has 3 nitrogen and oxygen atoms in total. The van der Waals surface area contributed by atoms with Crippen LogP contribution in [0.15, 0.2) is 36.4 Å². The summed E-state index contributed by atoms with van der Waals surface area (Å²) in [5, 5.41) is 13.2. The topological polar surface area (TPSA) is 49.3 Å². The van der Waals surface area contributed by atoms with Gasteiger partial charge < -0.3 is 10.4 Å². The van der Waals surface area contributed by atoms with Crippen LogP contribution in [0.4, 0.5) is 5.69 Å². The molecule has 0 amide bonds. The lowest BCUT2D eigenvalue weighted by molar-refractivity contribution is 0.0697. The summed E-state index contributed by atoms with van der Waals surface area (Å²) in [6.45, 7) is 2.45. The molecule has 0 aromatic heterocycles. The van der Waals surface area contributed by atoms with E-state index >= 15 is 0 Å². The maximum absolute atomic E-state index is 10.9. The Morgan fingerprint density at radius 2 is 1.90 bits per heavy atom. The van der Waals surface area contributed by atoms with Crippen LogP contribution in [0.3, 0.4) is 0 Å². The number of carboxylic acid groups (broad SMARTS) is 1. The minimum Gasteiger partial charge on any atom is -0.478 e. The van der Waals surface area contributed by atoms with Crippen molar-refractivity contribution in [3.63, 3.8) is 0 Å². The zero-order chi connectivity index (χ0) is 14.7. The first-order valence-corrected chi connectivity index (χ1v) is 6.74. The minimum absolute atomic E-state index is 0.280. The molecule has 0 heterocycles. The van der Waals surface area contributed by atoms with Crippen molar-refractivity contribution in [2.24, 2.45) is 0 Å². The SMILES string of the molecule is Cc1cc(C(=O)O)ccc1NCc1ccc(Cl)c(Cl)c1. The number of aryl methyl sites for hydroxylation is 1. The molecule has 0 aliphatic rings. The van der Waals surface area contributed by atoms with Crippen molar-refractivity contribution in [1.29, 1.82) is 0 Å². The molecule has 20 heavy (non-hydrogen) atoms. The van der Waals surface area contributed by atoms with Gasteiger partial charge in [0, 0.05) is 12.2 Å². The van der Waals surface area contributed by atoms with Gasteiger partial charge in [0.2, 0.25) is 0 Å². The molecule has 0 saturated heterocycles. The molecule has 0 aliphatic heterocycles. The van der Waals surface area contributed by atoms with Gasteiger partial charge in [-0.1, -0.05) is 29.3 Å². The third-order valence-corrected chi connectivity index (χ3v) is 3.68. The Labute approximate surface area is 127 Å². The predicted molar refractivity (Wildman–Crippen MR) is 81.9 cm³/mol. The maximum atomic E-state index is 10.9. The second kappa shape index (κ2) is 6.16. The first-order valence-electron chi connectivity index (χ1n) is 5.99. The fraction of sp³-hybridized carbons (Fsp3) is 0.133. The molecular weight excluding hydrogens is 297 g/mol. The molecular formula is C15H13Cl2NO2. The third kappa shape index (κ3) is 3.44. The first-order chi connectivity index (χ1) is 9.47. The van der Waals surface area contributed by atoms with Gasteiger partial charge in [-0.05, 0) is 48.4 Å². The molecule has 0 spiro atoms. The fourth-order valence-corrected chi connectivity index (χ4v) is 2.16. The number of anilines is 1. The summed E-state index contributed by atoms with van der Waals surface area (Å²) in [4.78, 5) is 10.9. The molecule has 0 unspecified atom stereocenters. The number of hydrogen-bond donors (Lipinski definition) is 2. The van der Waals surface area contributed by atoms with E-state index in [1.54, 1.807) is 30.3 Å². The van der Waals surface area contributed by atoms with Crippen LogP contribution in [-0.2, 0) is 6.54 Å². The van der Waals surface area contributed by atoms with Crippen LogP contribution >= 0.6 is 23.2 Å². The van der Waals surface area contributed by atoms with Gasteiger partial charge in [-0.15, -0.1) is 0 Å². The number of rotatable bonds is 4. The number of aromatic carboxylic acids is 1. The molecule has 0 bridgehead atoms. The Hall–Kier alpha value is -1.71. The Morgan fingerprint density at radius 1 is 1.15 bits per heavy atom. The highest BCUT2D eigenvalue weighted by Crippen LogP contribution is 2.23. The molecule has 0 fully saturated rings. The third-order valence-electron chi connectivity index (χ3n) is 2.94. The van der Waals surface area contributed by atoms with E-state index < -0.39 is 5.97 Å². The number of carboxylic acids is 1. The predicted octanol–water partition coefficient (Wildman–Crippen LogP) is 4.61. The van der Waals surface area contributed by atoms with E-state index in [-0.39, 0.29) is 5.56 Å². The minimum atomic E-state index is -0.927. The zero-order valence-electron chi connectivity index (χ0n) is 10.8. The molecule has 0 saturated carbocycles. The summed E-state index contributed by atoms with van der Waals surface area (Å²) in [6.07, 6.45) is 0. The zero-order valence-corrected chi connectivity index (χ0v) is 12.3. The molecule has 0 atom stereocenters. The molecule has 2 rings (SSSR count). The van der Waals surface area contributed by atoms with E-state index in [4.69, 9.17) is 28.3 Å². The fourth-order valence-electron chi connectivity index (χ4n) is 1.84. The number of nitrogens with one attached hydrogen (secondary N) is 1. The van der Waals surface area contributed by atoms with Gasteiger partial charge in [0.15, 0.2) is 0 Å². The molecule has 5 heteroatoms. The van der Waals surface area contributed by atoms with Gasteiger partial charge in [0.1, 0.15) is 0 Å². The van der Waals surface area contributed by atoms with Crippen LogP contribution in [0.5, 0.6) is 0 Å². The van der Waals surface area contributed by atoms with Crippen molar-refractivity contribution < 1.29 is 9.90 Å². The van der Waals surface area contributed by atoms with E-state index in [0.29, 0.717) is 16.6 Å². The van der Waals surface area contributed by atoms with Gasteiger partial charge in [-0.25, -0.2) is 4.79 Å². The van der Waals surface area contributed by atoms with Crippen molar-refractivity contribution in [2.45, 2.75) is 13.5 Å². The monoisotopic (exact) mass is 309 g/mol. The highest BCUT2D eigenvalue weighted by atomic mass is 35.5. The normalized spacial score (nSPS) is 10.3. The smallest absolute Gasteiger partial charge is 0.335 e. The van der Waals surface area contributed by atoms with Gasteiger partial charge >= 0.3 is 5.97 Å². The van der Waals surface area contributed by atoms with Gasteiger partial charge in [0.05, 0.1) is 15.6 Å². The molecule has 2 aromatic carbocycles. The second-order valence-electron chi connectivity index (χ2n) is 4.44. The Bertz CT molecular complexity index is 656. The van der Waals surface area contributed by atoms with Crippen molar-refractivity contribution in [1.82, 2.24) is 0 Å². The van der Waals surface area contributed by atoms with Crippen molar-refractivity contribution in [3.05, 3.63) is 63.1 Å². The summed E-state index contributed by atoms with van der Waals surface area (Å²) in [5.74, 6) is -0.927. The highest BCUT2D eigenvalue weighted by Gasteiger charge is 2.06. The lowest BCUT2D eigenvalue weighted by atomic mass is 10.1. The molecule has 0 radical (unpaired) electrons. The molecule has 0 aliphatic carbocycles. The van der Waals surface area contributed by atoms with Gasteiger partial charge in [-0.3, -0.25) is 0 Å². The largest absolute Gasteiger partial charge is 0.478 e. The molecule has 2 aromatic rings. The Balaban J connectivity index is 2.10.